The minimum absolute atomic E-state index is 0.552. The van der Waals surface area contributed by atoms with E-state index in [2.05, 4.69) is 4.99 Å². The molecule has 0 aliphatic carbocycles. The Hall–Kier alpha value is -1.10. The van der Waals surface area contributed by atoms with Crippen LogP contribution in [0.4, 0.5) is 4.79 Å². The van der Waals surface area contributed by atoms with Gasteiger partial charge in [0.05, 0.1) is 6.34 Å². The summed E-state index contributed by atoms with van der Waals surface area (Å²) < 4.78 is 0. The molecule has 9 heavy (non-hydrogen) atoms. The van der Waals surface area contributed by atoms with Crippen molar-refractivity contribution in [2.24, 2.45) is 10.8 Å². The number of hydrogen-bond acceptors (Lipinski definition) is 2. The molecule has 0 spiro atoms. The number of nitrogens with one attached hydrogen (secondary N) is 1. The van der Waals surface area contributed by atoms with E-state index in [1.165, 1.54) is 6.34 Å². The van der Waals surface area contributed by atoms with Gasteiger partial charge in [0.25, 0.3) is 0 Å². The number of urea groups is 1. The van der Waals surface area contributed by atoms with Gasteiger partial charge in [-0.05, 0) is 0 Å². The van der Waals surface area contributed by atoms with Gasteiger partial charge in [-0.25, -0.2) is 10.6 Å². The highest BCUT2D eigenvalue weighted by Gasteiger charge is 1.87. The minimum Gasteiger partial charge on any atom is -0.369 e. The number of carbonyl (C=O) groups excluding carboxylic acids is 1. The van der Waals surface area contributed by atoms with Gasteiger partial charge in [0.1, 0.15) is 0 Å². The fourth-order valence-corrected chi connectivity index (χ4v) is 0.205. The average molecular weight is 130 g/mol. The van der Waals surface area contributed by atoms with Crippen LogP contribution in [0.25, 0.3) is 0 Å². The number of rotatable bonds is 1. The SMILES string of the molecule is CN(C)C=NC(=O)NN. The van der Waals surface area contributed by atoms with Gasteiger partial charge >= 0.3 is 6.03 Å². The fraction of sp³-hybridized carbons (Fsp3) is 0.500. The second kappa shape index (κ2) is 3.85. The van der Waals surface area contributed by atoms with Crippen molar-refractivity contribution in [1.82, 2.24) is 10.3 Å². The van der Waals surface area contributed by atoms with Gasteiger partial charge in [0.2, 0.25) is 0 Å². The number of hydrogen-bond donors (Lipinski definition) is 2. The molecule has 0 aromatic rings. The third-order valence-corrected chi connectivity index (χ3v) is 0.529. The van der Waals surface area contributed by atoms with Crippen LogP contribution >= 0.6 is 0 Å². The predicted octanol–water partition coefficient (Wildman–Crippen LogP) is -0.840. The Kier molecular flexibility index (Phi) is 3.38. The summed E-state index contributed by atoms with van der Waals surface area (Å²) in [4.78, 5) is 15.3. The van der Waals surface area contributed by atoms with Gasteiger partial charge in [0.15, 0.2) is 0 Å². The molecular formula is C4H10N4O. The van der Waals surface area contributed by atoms with E-state index in [-0.39, 0.29) is 0 Å². The lowest BCUT2D eigenvalue weighted by Gasteiger charge is -2.00. The summed E-state index contributed by atoms with van der Waals surface area (Å²) in [6.45, 7) is 0. The Morgan fingerprint density at radius 3 is 2.67 bits per heavy atom. The molecule has 3 N–H and O–H groups in total. The highest BCUT2D eigenvalue weighted by molar-refractivity contribution is 5.82. The zero-order valence-corrected chi connectivity index (χ0v) is 5.46. The Morgan fingerprint density at radius 2 is 2.33 bits per heavy atom. The second-order valence-corrected chi connectivity index (χ2v) is 1.66. The first kappa shape index (κ1) is 7.90. The molecule has 0 heterocycles. The molecular weight excluding hydrogens is 120 g/mol. The van der Waals surface area contributed by atoms with E-state index in [9.17, 15) is 4.79 Å². The molecule has 0 fully saturated rings. The Balaban J connectivity index is 3.57. The molecule has 0 saturated carbocycles. The first-order valence-electron chi connectivity index (χ1n) is 2.38. The summed E-state index contributed by atoms with van der Waals surface area (Å²) in [6, 6.07) is -0.552. The lowest BCUT2D eigenvalue weighted by Crippen LogP contribution is -2.27. The maximum atomic E-state index is 10.3. The summed E-state index contributed by atoms with van der Waals surface area (Å²) in [5.41, 5.74) is 1.86. The van der Waals surface area contributed by atoms with Crippen LogP contribution < -0.4 is 11.3 Å². The van der Waals surface area contributed by atoms with E-state index in [1.54, 1.807) is 19.0 Å². The molecule has 0 aliphatic heterocycles. The second-order valence-electron chi connectivity index (χ2n) is 1.66. The molecule has 0 saturated heterocycles. The lowest BCUT2D eigenvalue weighted by molar-refractivity contribution is 0.249. The van der Waals surface area contributed by atoms with Crippen LogP contribution in [0.2, 0.25) is 0 Å². The predicted molar refractivity (Wildman–Crippen MR) is 34.9 cm³/mol. The van der Waals surface area contributed by atoms with Crippen molar-refractivity contribution in [2.75, 3.05) is 14.1 Å². The highest BCUT2D eigenvalue weighted by atomic mass is 16.2. The fourth-order valence-electron chi connectivity index (χ4n) is 0.205. The number of carbonyl (C=O) groups is 1. The summed E-state index contributed by atoms with van der Waals surface area (Å²) in [7, 11) is 3.51. The zero-order valence-electron chi connectivity index (χ0n) is 5.46. The Bertz CT molecular complexity index is 120. The molecule has 0 bridgehead atoms. The van der Waals surface area contributed by atoms with Crippen LogP contribution in [0.15, 0.2) is 4.99 Å². The van der Waals surface area contributed by atoms with Crippen LogP contribution in [0.5, 0.6) is 0 Å². The van der Waals surface area contributed by atoms with Crippen LogP contribution in [0.1, 0.15) is 0 Å². The van der Waals surface area contributed by atoms with Crippen molar-refractivity contribution in [2.45, 2.75) is 0 Å². The summed E-state index contributed by atoms with van der Waals surface area (Å²) in [5, 5.41) is 0. The maximum Gasteiger partial charge on any atom is 0.356 e. The minimum atomic E-state index is -0.552. The molecule has 5 nitrogen and oxygen atoms in total. The van der Waals surface area contributed by atoms with Gasteiger partial charge in [-0.3, -0.25) is 5.43 Å². The molecule has 0 radical (unpaired) electrons. The van der Waals surface area contributed by atoms with Crippen LogP contribution in [0.3, 0.4) is 0 Å². The highest BCUT2D eigenvalue weighted by Crippen LogP contribution is 1.69. The third-order valence-electron chi connectivity index (χ3n) is 0.529. The molecule has 5 heteroatoms. The van der Waals surface area contributed by atoms with E-state index in [4.69, 9.17) is 5.84 Å². The maximum absolute atomic E-state index is 10.3. The van der Waals surface area contributed by atoms with E-state index in [1.807, 2.05) is 5.43 Å². The lowest BCUT2D eigenvalue weighted by atomic mass is 10.9. The average Bonchev–Trinajstić information content (AvgIpc) is 1.83. The molecule has 2 amide bonds. The number of hydrazine groups is 1. The van der Waals surface area contributed by atoms with Crippen LogP contribution in [-0.2, 0) is 0 Å². The number of aliphatic imine (C=N–C) groups is 1. The van der Waals surface area contributed by atoms with Crippen molar-refractivity contribution in [3.63, 3.8) is 0 Å². The van der Waals surface area contributed by atoms with Crippen LogP contribution in [-0.4, -0.2) is 31.4 Å². The van der Waals surface area contributed by atoms with Gasteiger partial charge in [-0.15, -0.1) is 0 Å². The van der Waals surface area contributed by atoms with E-state index < -0.39 is 6.03 Å². The number of amides is 2. The van der Waals surface area contributed by atoms with E-state index in [0.717, 1.165) is 0 Å². The Labute approximate surface area is 53.5 Å². The van der Waals surface area contributed by atoms with Crippen molar-refractivity contribution in [3.8, 4) is 0 Å². The number of nitrogens with two attached hydrogens (primary N) is 1. The zero-order chi connectivity index (χ0) is 7.28. The van der Waals surface area contributed by atoms with Crippen molar-refractivity contribution < 1.29 is 4.79 Å². The monoisotopic (exact) mass is 130 g/mol. The van der Waals surface area contributed by atoms with Gasteiger partial charge in [-0.1, -0.05) is 0 Å². The standard InChI is InChI=1S/C4H10N4O/c1-8(2)3-6-4(9)7-5/h3H,5H2,1-2H3,(H,7,9). The topological polar surface area (TPSA) is 70.7 Å². The van der Waals surface area contributed by atoms with Gasteiger partial charge in [0, 0.05) is 14.1 Å². The quantitative estimate of drug-likeness (QED) is 0.160. The molecule has 0 aromatic heterocycles. The molecule has 0 aliphatic rings. The number of nitrogens with zero attached hydrogens (tertiary/aromatic N) is 2. The van der Waals surface area contributed by atoms with Crippen LogP contribution in [0, 0.1) is 0 Å². The van der Waals surface area contributed by atoms with Crippen molar-refractivity contribution >= 4 is 12.4 Å². The molecule has 52 valence electrons. The van der Waals surface area contributed by atoms with Gasteiger partial charge < -0.3 is 4.90 Å². The first-order valence-corrected chi connectivity index (χ1v) is 2.38. The summed E-state index contributed by atoms with van der Waals surface area (Å²) in [5.74, 6) is 4.73. The normalized spacial score (nSPS) is 9.67. The Morgan fingerprint density at radius 1 is 1.78 bits per heavy atom. The molecule has 0 atom stereocenters. The smallest absolute Gasteiger partial charge is 0.356 e. The summed E-state index contributed by atoms with van der Waals surface area (Å²) in [6.07, 6.45) is 1.36. The van der Waals surface area contributed by atoms with Crippen molar-refractivity contribution in [3.05, 3.63) is 0 Å². The van der Waals surface area contributed by atoms with E-state index >= 15 is 0 Å². The summed E-state index contributed by atoms with van der Waals surface area (Å²) >= 11 is 0. The van der Waals surface area contributed by atoms with E-state index in [0.29, 0.717) is 0 Å². The third kappa shape index (κ3) is 4.76. The van der Waals surface area contributed by atoms with Crippen molar-refractivity contribution in [1.29, 1.82) is 0 Å². The van der Waals surface area contributed by atoms with Gasteiger partial charge in [-0.2, -0.15) is 4.99 Å². The molecule has 0 aromatic carbocycles. The molecule has 0 unspecified atom stereocenters. The largest absolute Gasteiger partial charge is 0.369 e. The first-order chi connectivity index (χ1) is 4.16. The molecule has 0 rings (SSSR count).